The van der Waals surface area contributed by atoms with Crippen molar-refractivity contribution in [2.24, 2.45) is 5.92 Å². The molecule has 1 atom stereocenters. The van der Waals surface area contributed by atoms with E-state index in [0.717, 1.165) is 16.9 Å². The van der Waals surface area contributed by atoms with E-state index >= 15 is 0 Å². The summed E-state index contributed by atoms with van der Waals surface area (Å²) in [5, 5.41) is 8.66. The summed E-state index contributed by atoms with van der Waals surface area (Å²) in [5.74, 6) is 1.55. The minimum atomic E-state index is -0.0758. The zero-order valence-electron chi connectivity index (χ0n) is 11.2. The number of nitrogens with zero attached hydrogens (tertiary/aromatic N) is 1. The molecule has 1 aromatic carbocycles. The number of hydrogen-bond acceptors (Lipinski definition) is 4. The number of rotatable bonds is 4. The van der Waals surface area contributed by atoms with Crippen LogP contribution in [0.15, 0.2) is 12.1 Å². The van der Waals surface area contributed by atoms with E-state index in [4.69, 9.17) is 14.7 Å². The molecule has 0 aliphatic heterocycles. The Bertz CT molecular complexity index is 531. The summed E-state index contributed by atoms with van der Waals surface area (Å²) >= 11 is 0. The zero-order valence-corrected chi connectivity index (χ0v) is 11.2. The Balaban J connectivity index is 2.35. The highest BCUT2D eigenvalue weighted by Gasteiger charge is 2.29. The SMILES string of the molecule is COc1ccc2c(c1OC)CC(CCC#N)C(=O)C2. The lowest BCUT2D eigenvalue weighted by Gasteiger charge is -2.25. The fraction of sp³-hybridized carbons (Fsp3) is 0.467. The van der Waals surface area contributed by atoms with Crippen molar-refractivity contribution in [2.75, 3.05) is 14.2 Å². The highest BCUT2D eigenvalue weighted by atomic mass is 16.5. The first-order valence-corrected chi connectivity index (χ1v) is 6.33. The number of benzene rings is 1. The van der Waals surface area contributed by atoms with Gasteiger partial charge in [0.05, 0.1) is 20.3 Å². The number of fused-ring (bicyclic) bond motifs is 1. The molecule has 0 heterocycles. The van der Waals surface area contributed by atoms with Crippen LogP contribution in [0.5, 0.6) is 11.5 Å². The van der Waals surface area contributed by atoms with Crippen LogP contribution in [0.4, 0.5) is 0 Å². The van der Waals surface area contributed by atoms with Gasteiger partial charge in [-0.1, -0.05) is 6.07 Å². The zero-order chi connectivity index (χ0) is 13.8. The first-order valence-electron chi connectivity index (χ1n) is 6.33. The van der Waals surface area contributed by atoms with Gasteiger partial charge in [-0.2, -0.15) is 5.26 Å². The molecule has 0 N–H and O–H groups in total. The molecule has 4 nitrogen and oxygen atoms in total. The van der Waals surface area contributed by atoms with Crippen LogP contribution in [-0.2, 0) is 17.6 Å². The second-order valence-corrected chi connectivity index (χ2v) is 4.68. The first kappa shape index (κ1) is 13.4. The molecule has 0 fully saturated rings. The molecule has 2 rings (SSSR count). The van der Waals surface area contributed by atoms with E-state index in [1.54, 1.807) is 14.2 Å². The van der Waals surface area contributed by atoms with Gasteiger partial charge in [0, 0.05) is 24.3 Å². The molecule has 0 radical (unpaired) electrons. The van der Waals surface area contributed by atoms with E-state index in [1.165, 1.54) is 0 Å². The van der Waals surface area contributed by atoms with Crippen LogP contribution < -0.4 is 9.47 Å². The maximum atomic E-state index is 12.0. The number of ether oxygens (including phenoxy) is 2. The summed E-state index contributed by atoms with van der Waals surface area (Å²) in [4.78, 5) is 12.0. The maximum Gasteiger partial charge on any atom is 0.164 e. The Kier molecular flexibility index (Phi) is 4.06. The van der Waals surface area contributed by atoms with Crippen LogP contribution >= 0.6 is 0 Å². The minimum absolute atomic E-state index is 0.0758. The van der Waals surface area contributed by atoms with Crippen LogP contribution in [0.2, 0.25) is 0 Å². The van der Waals surface area contributed by atoms with Gasteiger partial charge in [-0.05, 0) is 24.5 Å². The van der Waals surface area contributed by atoms with Crippen molar-refractivity contribution < 1.29 is 14.3 Å². The maximum absolute atomic E-state index is 12.0. The number of methoxy groups -OCH3 is 2. The van der Waals surface area contributed by atoms with Crippen LogP contribution in [0, 0.1) is 17.2 Å². The summed E-state index contributed by atoms with van der Waals surface area (Å²) in [6.07, 6.45) is 2.09. The van der Waals surface area contributed by atoms with Gasteiger partial charge < -0.3 is 9.47 Å². The molecule has 0 saturated carbocycles. The van der Waals surface area contributed by atoms with Gasteiger partial charge >= 0.3 is 0 Å². The second kappa shape index (κ2) is 5.75. The van der Waals surface area contributed by atoms with Crippen LogP contribution in [0.3, 0.4) is 0 Å². The molecule has 0 saturated heterocycles. The average molecular weight is 259 g/mol. The fourth-order valence-electron chi connectivity index (χ4n) is 2.62. The predicted molar refractivity (Wildman–Crippen MR) is 70.3 cm³/mol. The summed E-state index contributed by atoms with van der Waals surface area (Å²) in [6.45, 7) is 0. The van der Waals surface area contributed by atoms with Crippen molar-refractivity contribution in [1.29, 1.82) is 5.26 Å². The number of ketones is 1. The second-order valence-electron chi connectivity index (χ2n) is 4.68. The van der Waals surface area contributed by atoms with E-state index in [9.17, 15) is 4.79 Å². The van der Waals surface area contributed by atoms with Gasteiger partial charge in [0.2, 0.25) is 0 Å². The molecule has 4 heteroatoms. The van der Waals surface area contributed by atoms with E-state index in [0.29, 0.717) is 31.4 Å². The van der Waals surface area contributed by atoms with Crippen molar-refractivity contribution in [3.63, 3.8) is 0 Å². The van der Waals surface area contributed by atoms with Crippen molar-refractivity contribution in [2.45, 2.75) is 25.7 Å². The van der Waals surface area contributed by atoms with Crippen molar-refractivity contribution in [1.82, 2.24) is 0 Å². The van der Waals surface area contributed by atoms with Crippen LogP contribution in [-0.4, -0.2) is 20.0 Å². The summed E-state index contributed by atoms with van der Waals surface area (Å²) < 4.78 is 10.7. The molecular weight excluding hydrogens is 242 g/mol. The van der Waals surface area contributed by atoms with E-state index in [2.05, 4.69) is 6.07 Å². The topological polar surface area (TPSA) is 59.3 Å². The van der Waals surface area contributed by atoms with Crippen molar-refractivity contribution in [3.05, 3.63) is 23.3 Å². The molecule has 1 aliphatic rings. The smallest absolute Gasteiger partial charge is 0.164 e. The molecule has 1 aromatic rings. The highest BCUT2D eigenvalue weighted by Crippen LogP contribution is 2.38. The predicted octanol–water partition coefficient (Wildman–Crippen LogP) is 2.29. The molecule has 0 aromatic heterocycles. The molecule has 1 unspecified atom stereocenters. The van der Waals surface area contributed by atoms with E-state index in [-0.39, 0.29) is 11.7 Å². The molecule has 1 aliphatic carbocycles. The van der Waals surface area contributed by atoms with Crippen molar-refractivity contribution in [3.8, 4) is 17.6 Å². The molecular formula is C15H17NO3. The molecule has 0 bridgehead atoms. The highest BCUT2D eigenvalue weighted by molar-refractivity contribution is 5.86. The standard InChI is InChI=1S/C15H17NO3/c1-18-14-6-5-10-9-13(17)11(4-3-7-16)8-12(10)15(14)19-2/h5-6,11H,3-4,8-9H2,1-2H3. The van der Waals surface area contributed by atoms with Crippen LogP contribution in [0.25, 0.3) is 0 Å². The Morgan fingerprint density at radius 2 is 2.16 bits per heavy atom. The van der Waals surface area contributed by atoms with Gasteiger partial charge in [0.15, 0.2) is 11.5 Å². The first-order chi connectivity index (χ1) is 9.21. The van der Waals surface area contributed by atoms with Gasteiger partial charge in [0.1, 0.15) is 5.78 Å². The lowest BCUT2D eigenvalue weighted by molar-refractivity contribution is -0.122. The third-order valence-electron chi connectivity index (χ3n) is 3.62. The van der Waals surface area contributed by atoms with Crippen molar-refractivity contribution >= 4 is 5.78 Å². The third kappa shape index (κ3) is 2.55. The largest absolute Gasteiger partial charge is 0.493 e. The average Bonchev–Trinajstić information content (AvgIpc) is 2.43. The molecule has 19 heavy (non-hydrogen) atoms. The normalized spacial score (nSPS) is 17.5. The molecule has 100 valence electrons. The summed E-state index contributed by atoms with van der Waals surface area (Å²) in [5.41, 5.74) is 2.06. The monoisotopic (exact) mass is 259 g/mol. The Morgan fingerprint density at radius 3 is 2.79 bits per heavy atom. The fourth-order valence-corrected chi connectivity index (χ4v) is 2.62. The third-order valence-corrected chi connectivity index (χ3v) is 3.62. The van der Waals surface area contributed by atoms with E-state index in [1.807, 2.05) is 12.1 Å². The Labute approximate surface area is 112 Å². The Morgan fingerprint density at radius 1 is 1.37 bits per heavy atom. The number of Topliss-reactive ketones (excluding diaryl/α,β-unsaturated/α-hetero) is 1. The quantitative estimate of drug-likeness (QED) is 0.832. The minimum Gasteiger partial charge on any atom is -0.493 e. The lowest BCUT2D eigenvalue weighted by atomic mass is 9.80. The van der Waals surface area contributed by atoms with Crippen LogP contribution in [0.1, 0.15) is 24.0 Å². The number of hydrogen-bond donors (Lipinski definition) is 0. The lowest BCUT2D eigenvalue weighted by Crippen LogP contribution is -2.25. The summed E-state index contributed by atoms with van der Waals surface area (Å²) in [7, 11) is 3.21. The number of carbonyl (C=O) groups excluding carboxylic acids is 1. The summed E-state index contributed by atoms with van der Waals surface area (Å²) in [6, 6.07) is 5.86. The van der Waals surface area contributed by atoms with Gasteiger partial charge in [0.25, 0.3) is 0 Å². The van der Waals surface area contributed by atoms with Gasteiger partial charge in [-0.25, -0.2) is 0 Å². The molecule has 0 spiro atoms. The van der Waals surface area contributed by atoms with E-state index < -0.39 is 0 Å². The number of carbonyl (C=O) groups is 1. The Hall–Kier alpha value is -2.02. The van der Waals surface area contributed by atoms with Gasteiger partial charge in [-0.3, -0.25) is 4.79 Å². The molecule has 0 amide bonds. The number of nitriles is 1. The van der Waals surface area contributed by atoms with Gasteiger partial charge in [-0.15, -0.1) is 0 Å².